The second-order valence-electron chi connectivity index (χ2n) is 7.17. The van der Waals surface area contributed by atoms with E-state index in [1.54, 1.807) is 35.9 Å². The lowest BCUT2D eigenvalue weighted by atomic mass is 10.1. The normalized spacial score (nSPS) is 14.4. The number of rotatable bonds is 5. The summed E-state index contributed by atoms with van der Waals surface area (Å²) in [6, 6.07) is 14.1. The number of hydrogen-bond donors (Lipinski definition) is 0. The second-order valence-corrected chi connectivity index (χ2v) is 9.18. The third-order valence-electron chi connectivity index (χ3n) is 4.98. The van der Waals surface area contributed by atoms with Crippen molar-refractivity contribution in [1.29, 1.82) is 0 Å². The number of hydrogen-bond acceptors (Lipinski definition) is 4. The molecule has 1 saturated carbocycles. The Bertz CT molecular complexity index is 1190. The molecule has 0 atom stereocenters. The van der Waals surface area contributed by atoms with Crippen LogP contribution in [0.2, 0.25) is 0 Å². The minimum Gasteiger partial charge on any atom is -0.493 e. The molecule has 1 heterocycles. The molecule has 3 aromatic rings. The monoisotopic (exact) mass is 383 g/mol. The minimum absolute atomic E-state index is 0.124. The molecule has 1 aliphatic rings. The largest absolute Gasteiger partial charge is 0.493 e. The van der Waals surface area contributed by atoms with Gasteiger partial charge in [-0.2, -0.15) is 0 Å². The molecule has 0 saturated heterocycles. The summed E-state index contributed by atoms with van der Waals surface area (Å²) >= 11 is 0. The molecular formula is C21H21NO4S. The van der Waals surface area contributed by atoms with E-state index >= 15 is 0 Å². The van der Waals surface area contributed by atoms with E-state index in [1.807, 2.05) is 24.3 Å². The maximum absolute atomic E-state index is 12.8. The smallest absolute Gasteiger partial charge is 0.258 e. The molecule has 1 aliphatic carbocycles. The first-order valence-electron chi connectivity index (χ1n) is 8.90. The molecule has 4 rings (SSSR count). The first-order valence-corrected chi connectivity index (χ1v) is 10.8. The third-order valence-corrected chi connectivity index (χ3v) is 6.09. The fraction of sp³-hybridized carbons (Fsp3) is 0.286. The highest BCUT2D eigenvalue weighted by Gasteiger charge is 2.23. The summed E-state index contributed by atoms with van der Waals surface area (Å²) < 4.78 is 31.6. The molecule has 0 unspecified atom stereocenters. The van der Waals surface area contributed by atoms with Crippen molar-refractivity contribution in [2.24, 2.45) is 13.0 Å². The molecule has 1 aromatic heterocycles. The average molecular weight is 383 g/mol. The van der Waals surface area contributed by atoms with Crippen LogP contribution in [-0.2, 0) is 16.9 Å². The lowest BCUT2D eigenvalue weighted by Crippen LogP contribution is -2.19. The third kappa shape index (κ3) is 3.49. The maximum Gasteiger partial charge on any atom is 0.258 e. The second kappa shape index (κ2) is 6.53. The van der Waals surface area contributed by atoms with Crippen LogP contribution in [0.4, 0.5) is 0 Å². The van der Waals surface area contributed by atoms with Gasteiger partial charge in [-0.15, -0.1) is 0 Å². The highest BCUT2D eigenvalue weighted by atomic mass is 32.2. The van der Waals surface area contributed by atoms with Crippen LogP contribution in [0, 0.1) is 5.92 Å². The number of aromatic nitrogens is 1. The molecule has 0 bridgehead atoms. The summed E-state index contributed by atoms with van der Waals surface area (Å²) in [5.41, 5.74) is 1.12. The van der Waals surface area contributed by atoms with Crippen LogP contribution < -0.4 is 10.3 Å². The fourth-order valence-corrected chi connectivity index (χ4v) is 3.82. The molecular weight excluding hydrogens is 362 g/mol. The Kier molecular flexibility index (Phi) is 4.30. The van der Waals surface area contributed by atoms with Crippen molar-refractivity contribution < 1.29 is 13.2 Å². The Labute approximate surface area is 158 Å². The van der Waals surface area contributed by atoms with Gasteiger partial charge in [-0.1, -0.05) is 18.2 Å². The van der Waals surface area contributed by atoms with Crippen molar-refractivity contribution in [2.45, 2.75) is 17.7 Å². The number of fused-ring (bicyclic) bond motifs is 1. The van der Waals surface area contributed by atoms with Crippen molar-refractivity contribution in [3.8, 4) is 17.0 Å². The summed E-state index contributed by atoms with van der Waals surface area (Å²) in [6.45, 7) is 0.604. The Morgan fingerprint density at radius 2 is 1.85 bits per heavy atom. The van der Waals surface area contributed by atoms with Gasteiger partial charge in [0.05, 0.1) is 17.2 Å². The Hall–Kier alpha value is -2.60. The number of sulfone groups is 1. The van der Waals surface area contributed by atoms with Gasteiger partial charge in [-0.3, -0.25) is 4.79 Å². The number of nitrogens with zero attached hydrogens (tertiary/aromatic N) is 1. The summed E-state index contributed by atoms with van der Waals surface area (Å²) in [5.74, 6) is 1.16. The highest BCUT2D eigenvalue weighted by Crippen LogP contribution is 2.35. The van der Waals surface area contributed by atoms with E-state index in [9.17, 15) is 13.2 Å². The SMILES string of the molecule is Cn1c(-c2cc(S(C)(=O)=O)ccc2OCC2CC2)cc2ccccc2c1=O. The summed E-state index contributed by atoms with van der Waals surface area (Å²) in [6.07, 6.45) is 3.49. The molecule has 140 valence electrons. The van der Waals surface area contributed by atoms with Crippen LogP contribution in [0.5, 0.6) is 5.75 Å². The van der Waals surface area contributed by atoms with Gasteiger partial charge < -0.3 is 9.30 Å². The average Bonchev–Trinajstić information content (AvgIpc) is 3.46. The zero-order valence-electron chi connectivity index (χ0n) is 15.3. The van der Waals surface area contributed by atoms with Gasteiger partial charge in [0.1, 0.15) is 5.75 Å². The topological polar surface area (TPSA) is 65.4 Å². The quantitative estimate of drug-likeness (QED) is 0.677. The summed E-state index contributed by atoms with van der Waals surface area (Å²) in [5, 5.41) is 1.44. The van der Waals surface area contributed by atoms with Crippen LogP contribution in [0.25, 0.3) is 22.0 Å². The Morgan fingerprint density at radius 3 is 2.56 bits per heavy atom. The molecule has 27 heavy (non-hydrogen) atoms. The van der Waals surface area contributed by atoms with Gasteiger partial charge in [0, 0.05) is 24.3 Å². The molecule has 0 aliphatic heterocycles. The molecule has 5 nitrogen and oxygen atoms in total. The van der Waals surface area contributed by atoms with Crippen LogP contribution in [0.3, 0.4) is 0 Å². The van der Waals surface area contributed by atoms with E-state index in [-0.39, 0.29) is 10.5 Å². The van der Waals surface area contributed by atoms with E-state index in [0.717, 1.165) is 18.2 Å². The van der Waals surface area contributed by atoms with Crippen LogP contribution in [-0.4, -0.2) is 25.8 Å². The number of pyridine rings is 1. The van der Waals surface area contributed by atoms with E-state index < -0.39 is 9.84 Å². The molecule has 0 radical (unpaired) electrons. The molecule has 0 spiro atoms. The van der Waals surface area contributed by atoms with Crippen LogP contribution >= 0.6 is 0 Å². The van der Waals surface area contributed by atoms with Gasteiger partial charge in [-0.25, -0.2) is 8.42 Å². The van der Waals surface area contributed by atoms with Crippen molar-refractivity contribution in [3.05, 3.63) is 58.9 Å². The number of ether oxygens (including phenoxy) is 1. The number of benzene rings is 2. The molecule has 1 fully saturated rings. The van der Waals surface area contributed by atoms with E-state index in [2.05, 4.69) is 0 Å². The maximum atomic E-state index is 12.8. The predicted octanol–water partition coefficient (Wildman–Crippen LogP) is 3.40. The van der Waals surface area contributed by atoms with E-state index in [4.69, 9.17) is 4.74 Å². The van der Waals surface area contributed by atoms with Crippen molar-refractivity contribution in [3.63, 3.8) is 0 Å². The van der Waals surface area contributed by atoms with E-state index in [1.165, 1.54) is 6.26 Å². The predicted molar refractivity (Wildman–Crippen MR) is 106 cm³/mol. The van der Waals surface area contributed by atoms with Gasteiger partial charge in [0.15, 0.2) is 9.84 Å². The molecule has 2 aromatic carbocycles. The van der Waals surface area contributed by atoms with Crippen LogP contribution in [0.1, 0.15) is 12.8 Å². The van der Waals surface area contributed by atoms with Gasteiger partial charge in [-0.05, 0) is 54.5 Å². The zero-order valence-corrected chi connectivity index (χ0v) is 16.1. The molecule has 0 N–H and O–H groups in total. The Balaban J connectivity index is 1.94. The first kappa shape index (κ1) is 17.8. The lowest BCUT2D eigenvalue weighted by molar-refractivity contribution is 0.300. The van der Waals surface area contributed by atoms with Gasteiger partial charge >= 0.3 is 0 Å². The van der Waals surface area contributed by atoms with Gasteiger partial charge in [0.25, 0.3) is 5.56 Å². The lowest BCUT2D eigenvalue weighted by Gasteiger charge is -2.16. The standard InChI is InChI=1S/C21H21NO4S/c1-22-19(11-15-5-3-4-6-17(15)21(22)23)18-12-16(27(2,24)25)9-10-20(18)26-13-14-7-8-14/h3-6,9-12,14H,7-8,13H2,1-2H3. The highest BCUT2D eigenvalue weighted by molar-refractivity contribution is 7.90. The first-order chi connectivity index (χ1) is 12.8. The van der Waals surface area contributed by atoms with Crippen LogP contribution in [0.15, 0.2) is 58.2 Å². The van der Waals surface area contributed by atoms with Crippen molar-refractivity contribution in [2.75, 3.05) is 12.9 Å². The Morgan fingerprint density at radius 1 is 1.11 bits per heavy atom. The molecule has 0 amide bonds. The zero-order chi connectivity index (χ0) is 19.2. The fourth-order valence-electron chi connectivity index (χ4n) is 3.17. The summed E-state index contributed by atoms with van der Waals surface area (Å²) in [7, 11) is -1.68. The van der Waals surface area contributed by atoms with E-state index in [0.29, 0.717) is 34.9 Å². The van der Waals surface area contributed by atoms with Crippen molar-refractivity contribution >= 4 is 20.6 Å². The molecule has 6 heteroatoms. The summed E-state index contributed by atoms with van der Waals surface area (Å²) in [4.78, 5) is 13.0. The minimum atomic E-state index is -3.38. The van der Waals surface area contributed by atoms with Crippen molar-refractivity contribution in [1.82, 2.24) is 4.57 Å². The van der Waals surface area contributed by atoms with Gasteiger partial charge in [0.2, 0.25) is 0 Å².